The standard InChI is InChI=1S/C13H11F2NOS/c1-8(17)13-5-3-10(7-16-13)18-9-2-4-11(14)12(15)6-9/h2-8,17H,1H3/t8-/m1/s1. The lowest BCUT2D eigenvalue weighted by atomic mass is 10.2. The molecule has 1 heterocycles. The molecule has 0 aliphatic heterocycles. The maximum Gasteiger partial charge on any atom is 0.159 e. The van der Waals surface area contributed by atoms with Gasteiger partial charge >= 0.3 is 0 Å². The van der Waals surface area contributed by atoms with Crippen LogP contribution in [0.15, 0.2) is 46.3 Å². The third-order valence-corrected chi connectivity index (χ3v) is 3.28. The number of hydrogen-bond donors (Lipinski definition) is 1. The summed E-state index contributed by atoms with van der Waals surface area (Å²) in [5.74, 6) is -1.73. The summed E-state index contributed by atoms with van der Waals surface area (Å²) >= 11 is 1.28. The van der Waals surface area contributed by atoms with Crippen molar-refractivity contribution in [2.75, 3.05) is 0 Å². The topological polar surface area (TPSA) is 33.1 Å². The van der Waals surface area contributed by atoms with Gasteiger partial charge in [0.15, 0.2) is 11.6 Å². The fourth-order valence-electron chi connectivity index (χ4n) is 1.38. The Morgan fingerprint density at radius 3 is 2.39 bits per heavy atom. The molecule has 2 rings (SSSR count). The van der Waals surface area contributed by atoms with Crippen LogP contribution in [0.25, 0.3) is 0 Å². The Labute approximate surface area is 108 Å². The summed E-state index contributed by atoms with van der Waals surface area (Å²) in [6.07, 6.45) is 0.973. The van der Waals surface area contributed by atoms with Gasteiger partial charge in [-0.3, -0.25) is 4.98 Å². The zero-order valence-electron chi connectivity index (χ0n) is 9.60. The van der Waals surface area contributed by atoms with Crippen molar-refractivity contribution in [3.05, 3.63) is 53.9 Å². The molecule has 0 aliphatic carbocycles. The molecule has 1 N–H and O–H groups in total. The van der Waals surface area contributed by atoms with E-state index in [1.165, 1.54) is 17.8 Å². The highest BCUT2D eigenvalue weighted by molar-refractivity contribution is 7.99. The van der Waals surface area contributed by atoms with E-state index >= 15 is 0 Å². The molecule has 0 saturated carbocycles. The molecular formula is C13H11F2NOS. The maximum atomic E-state index is 13.0. The molecule has 0 spiro atoms. The monoisotopic (exact) mass is 267 g/mol. The van der Waals surface area contributed by atoms with Crippen LogP contribution in [0.1, 0.15) is 18.7 Å². The second-order valence-corrected chi connectivity index (χ2v) is 4.92. The molecular weight excluding hydrogens is 256 g/mol. The number of halogens is 2. The van der Waals surface area contributed by atoms with Gasteiger partial charge in [-0.2, -0.15) is 0 Å². The summed E-state index contributed by atoms with van der Waals surface area (Å²) in [4.78, 5) is 5.47. The van der Waals surface area contributed by atoms with Gasteiger partial charge in [0.1, 0.15) is 0 Å². The number of benzene rings is 1. The predicted octanol–water partition coefficient (Wildman–Crippen LogP) is 3.56. The molecule has 0 radical (unpaired) electrons. The average Bonchev–Trinajstić information content (AvgIpc) is 2.34. The molecule has 0 aliphatic rings. The van der Waals surface area contributed by atoms with Gasteiger partial charge in [-0.25, -0.2) is 8.78 Å². The average molecular weight is 267 g/mol. The van der Waals surface area contributed by atoms with Gasteiger partial charge in [0.25, 0.3) is 0 Å². The Balaban J connectivity index is 2.15. The molecule has 0 bridgehead atoms. The van der Waals surface area contributed by atoms with Gasteiger partial charge in [-0.1, -0.05) is 11.8 Å². The summed E-state index contributed by atoms with van der Waals surface area (Å²) in [5.41, 5.74) is 0.574. The van der Waals surface area contributed by atoms with E-state index in [0.717, 1.165) is 17.0 Å². The molecule has 94 valence electrons. The van der Waals surface area contributed by atoms with E-state index < -0.39 is 17.7 Å². The van der Waals surface area contributed by atoms with Gasteiger partial charge < -0.3 is 5.11 Å². The first-order valence-electron chi connectivity index (χ1n) is 5.33. The Bertz CT molecular complexity index is 543. The highest BCUT2D eigenvalue weighted by atomic mass is 32.2. The van der Waals surface area contributed by atoms with E-state index in [9.17, 15) is 13.9 Å². The van der Waals surface area contributed by atoms with E-state index in [0.29, 0.717) is 10.6 Å². The van der Waals surface area contributed by atoms with Gasteiger partial charge in [-0.05, 0) is 37.3 Å². The largest absolute Gasteiger partial charge is 0.387 e. The van der Waals surface area contributed by atoms with Crippen LogP contribution in [-0.2, 0) is 0 Å². The Hall–Kier alpha value is -1.46. The second-order valence-electron chi connectivity index (χ2n) is 3.77. The molecule has 1 atom stereocenters. The lowest BCUT2D eigenvalue weighted by molar-refractivity contribution is 0.194. The van der Waals surface area contributed by atoms with Gasteiger partial charge in [0, 0.05) is 16.0 Å². The minimum absolute atomic E-state index is 0.574. The quantitative estimate of drug-likeness (QED) is 0.923. The molecule has 5 heteroatoms. The smallest absolute Gasteiger partial charge is 0.159 e. The summed E-state index contributed by atoms with van der Waals surface area (Å²) in [7, 11) is 0. The van der Waals surface area contributed by atoms with Crippen molar-refractivity contribution in [2.45, 2.75) is 22.8 Å². The van der Waals surface area contributed by atoms with Crippen LogP contribution in [-0.4, -0.2) is 10.1 Å². The predicted molar refractivity (Wildman–Crippen MR) is 65.4 cm³/mol. The van der Waals surface area contributed by atoms with E-state index in [1.807, 2.05) is 0 Å². The Kier molecular flexibility index (Phi) is 3.93. The van der Waals surface area contributed by atoms with Crippen LogP contribution >= 0.6 is 11.8 Å². The van der Waals surface area contributed by atoms with Gasteiger partial charge in [0.2, 0.25) is 0 Å². The van der Waals surface area contributed by atoms with E-state index in [-0.39, 0.29) is 0 Å². The number of pyridine rings is 1. The molecule has 18 heavy (non-hydrogen) atoms. The summed E-state index contributed by atoms with van der Waals surface area (Å²) in [6.45, 7) is 1.63. The van der Waals surface area contributed by atoms with Crippen molar-refractivity contribution in [3.8, 4) is 0 Å². The van der Waals surface area contributed by atoms with Crippen LogP contribution < -0.4 is 0 Å². The fourth-order valence-corrected chi connectivity index (χ4v) is 2.19. The summed E-state index contributed by atoms with van der Waals surface area (Å²) in [5, 5.41) is 9.31. The zero-order valence-corrected chi connectivity index (χ0v) is 10.4. The number of hydrogen-bond acceptors (Lipinski definition) is 3. The lowest BCUT2D eigenvalue weighted by Crippen LogP contribution is -1.94. The van der Waals surface area contributed by atoms with Crippen molar-refractivity contribution < 1.29 is 13.9 Å². The molecule has 0 fully saturated rings. The summed E-state index contributed by atoms with van der Waals surface area (Å²) in [6, 6.07) is 7.22. The van der Waals surface area contributed by atoms with Gasteiger partial charge in [-0.15, -0.1) is 0 Å². The first kappa shape index (κ1) is 13.0. The SMILES string of the molecule is C[C@@H](O)c1ccc(Sc2ccc(F)c(F)c2)cn1. The van der Waals surface area contributed by atoms with Crippen LogP contribution in [0.3, 0.4) is 0 Å². The third kappa shape index (κ3) is 3.05. The maximum absolute atomic E-state index is 13.0. The molecule has 0 saturated heterocycles. The van der Waals surface area contributed by atoms with Crippen molar-refractivity contribution >= 4 is 11.8 Å². The zero-order chi connectivity index (χ0) is 13.1. The molecule has 0 unspecified atom stereocenters. The van der Waals surface area contributed by atoms with Crippen LogP contribution in [0.5, 0.6) is 0 Å². The number of aliphatic hydroxyl groups is 1. The lowest BCUT2D eigenvalue weighted by Gasteiger charge is -2.05. The minimum Gasteiger partial charge on any atom is -0.387 e. The Morgan fingerprint density at radius 2 is 1.83 bits per heavy atom. The van der Waals surface area contributed by atoms with Crippen molar-refractivity contribution in [1.82, 2.24) is 4.98 Å². The molecule has 0 amide bonds. The number of aromatic nitrogens is 1. The molecule has 2 aromatic rings. The molecule has 2 nitrogen and oxygen atoms in total. The molecule has 1 aromatic carbocycles. The van der Waals surface area contributed by atoms with Crippen molar-refractivity contribution in [3.63, 3.8) is 0 Å². The minimum atomic E-state index is -0.867. The highest BCUT2D eigenvalue weighted by Crippen LogP contribution is 2.28. The van der Waals surface area contributed by atoms with Crippen molar-refractivity contribution in [2.24, 2.45) is 0 Å². The molecule has 1 aromatic heterocycles. The van der Waals surface area contributed by atoms with E-state index in [1.54, 1.807) is 25.3 Å². The first-order valence-corrected chi connectivity index (χ1v) is 6.15. The van der Waals surface area contributed by atoms with Crippen LogP contribution in [0.4, 0.5) is 8.78 Å². The number of nitrogens with zero attached hydrogens (tertiary/aromatic N) is 1. The number of aliphatic hydroxyl groups excluding tert-OH is 1. The number of rotatable bonds is 3. The van der Waals surface area contributed by atoms with E-state index in [4.69, 9.17) is 0 Å². The normalized spacial score (nSPS) is 12.4. The van der Waals surface area contributed by atoms with Crippen LogP contribution in [0, 0.1) is 11.6 Å². The van der Waals surface area contributed by atoms with Gasteiger partial charge in [0.05, 0.1) is 11.8 Å². The second kappa shape index (κ2) is 5.46. The summed E-state index contributed by atoms with van der Waals surface area (Å²) < 4.78 is 25.8. The first-order chi connectivity index (χ1) is 8.56. The van der Waals surface area contributed by atoms with Crippen molar-refractivity contribution in [1.29, 1.82) is 0 Å². The Morgan fingerprint density at radius 1 is 1.11 bits per heavy atom. The third-order valence-electron chi connectivity index (χ3n) is 2.31. The van der Waals surface area contributed by atoms with E-state index in [2.05, 4.69) is 4.98 Å². The van der Waals surface area contributed by atoms with Crippen LogP contribution in [0.2, 0.25) is 0 Å². The fraction of sp³-hybridized carbons (Fsp3) is 0.154. The highest BCUT2D eigenvalue weighted by Gasteiger charge is 2.06.